The molecule has 0 aliphatic carbocycles. The minimum atomic E-state index is 0.0422. The molecule has 1 aromatic rings. The van der Waals surface area contributed by atoms with Crippen LogP contribution in [0.25, 0.3) is 0 Å². The minimum absolute atomic E-state index is 0.0422. The van der Waals surface area contributed by atoms with Gasteiger partial charge in [-0.05, 0) is 55.3 Å². The van der Waals surface area contributed by atoms with Crippen molar-refractivity contribution in [1.82, 2.24) is 16.0 Å². The van der Waals surface area contributed by atoms with Crippen LogP contribution in [0.2, 0.25) is 0 Å². The summed E-state index contributed by atoms with van der Waals surface area (Å²) in [6.45, 7) is 9.19. The second-order valence-corrected chi connectivity index (χ2v) is 7.61. The van der Waals surface area contributed by atoms with Gasteiger partial charge in [-0.1, -0.05) is 12.1 Å². The van der Waals surface area contributed by atoms with E-state index in [2.05, 4.69) is 60.0 Å². The van der Waals surface area contributed by atoms with E-state index in [1.807, 2.05) is 26.8 Å². The summed E-state index contributed by atoms with van der Waals surface area (Å²) in [6.07, 6.45) is 1.46. The van der Waals surface area contributed by atoms with Crippen LogP contribution in [-0.2, 0) is 4.79 Å². The number of benzene rings is 1. The van der Waals surface area contributed by atoms with Crippen LogP contribution in [0.15, 0.2) is 33.7 Å². The van der Waals surface area contributed by atoms with Gasteiger partial charge in [0.15, 0.2) is 5.96 Å². The van der Waals surface area contributed by atoms with Gasteiger partial charge in [-0.2, -0.15) is 0 Å². The first-order valence-corrected chi connectivity index (χ1v) is 10.1. The molecule has 1 heterocycles. The summed E-state index contributed by atoms with van der Waals surface area (Å²) < 4.78 is 1.12. The summed E-state index contributed by atoms with van der Waals surface area (Å²) >= 11 is 3.63. The Kier molecular flexibility index (Phi) is 8.22. The quantitative estimate of drug-likeness (QED) is 0.465. The average Bonchev–Trinajstić information content (AvgIpc) is 3.03. The molecule has 0 saturated carbocycles. The molecule has 26 heavy (non-hydrogen) atoms. The van der Waals surface area contributed by atoms with Gasteiger partial charge >= 0.3 is 0 Å². The van der Waals surface area contributed by atoms with Gasteiger partial charge in [0.25, 0.3) is 0 Å². The topological polar surface area (TPSA) is 68.8 Å². The van der Waals surface area contributed by atoms with Gasteiger partial charge in [0.05, 0.1) is 12.2 Å². The van der Waals surface area contributed by atoms with E-state index in [9.17, 15) is 4.79 Å². The van der Waals surface area contributed by atoms with Crippen LogP contribution in [0.4, 0.5) is 5.69 Å². The molecule has 1 atom stereocenters. The molecule has 1 unspecified atom stereocenters. The minimum Gasteiger partial charge on any atom is -0.368 e. The zero-order chi connectivity index (χ0) is 18.9. The Morgan fingerprint density at radius 2 is 2.15 bits per heavy atom. The van der Waals surface area contributed by atoms with Crippen LogP contribution in [0.5, 0.6) is 0 Å². The van der Waals surface area contributed by atoms with Crippen molar-refractivity contribution in [2.24, 2.45) is 4.99 Å². The van der Waals surface area contributed by atoms with Crippen molar-refractivity contribution >= 4 is 33.5 Å². The van der Waals surface area contributed by atoms with E-state index in [1.165, 1.54) is 5.69 Å². The molecule has 1 aliphatic rings. The zero-order valence-electron chi connectivity index (χ0n) is 15.9. The molecule has 1 fully saturated rings. The summed E-state index contributed by atoms with van der Waals surface area (Å²) in [5.74, 6) is 0.824. The highest BCUT2D eigenvalue weighted by atomic mass is 79.9. The number of carbonyl (C=O) groups is 1. The van der Waals surface area contributed by atoms with E-state index in [4.69, 9.17) is 0 Å². The second-order valence-electron chi connectivity index (χ2n) is 6.76. The molecule has 0 bridgehead atoms. The van der Waals surface area contributed by atoms with Crippen molar-refractivity contribution < 1.29 is 4.79 Å². The number of nitrogens with one attached hydrogen (secondary N) is 3. The number of halogens is 1. The van der Waals surface area contributed by atoms with Gasteiger partial charge < -0.3 is 20.9 Å². The molecule has 7 heteroatoms. The lowest BCUT2D eigenvalue weighted by atomic mass is 10.2. The molecule has 0 aromatic heterocycles. The maximum Gasteiger partial charge on any atom is 0.222 e. The van der Waals surface area contributed by atoms with Gasteiger partial charge in [0.2, 0.25) is 5.91 Å². The monoisotopic (exact) mass is 423 g/mol. The van der Waals surface area contributed by atoms with Crippen molar-refractivity contribution in [1.29, 1.82) is 0 Å². The van der Waals surface area contributed by atoms with Crippen LogP contribution in [0.3, 0.4) is 0 Å². The van der Waals surface area contributed by atoms with E-state index in [1.54, 1.807) is 0 Å². The highest BCUT2D eigenvalue weighted by Gasteiger charge is 2.24. The molecule has 0 spiro atoms. The number of para-hydroxylation sites is 1. The van der Waals surface area contributed by atoms with Gasteiger partial charge in [-0.25, -0.2) is 0 Å². The fraction of sp³-hybridized carbons (Fsp3) is 0.579. The number of rotatable bonds is 7. The fourth-order valence-corrected chi connectivity index (χ4v) is 3.52. The molecule has 144 valence electrons. The first kappa shape index (κ1) is 20.6. The molecule has 1 aromatic carbocycles. The summed E-state index contributed by atoms with van der Waals surface area (Å²) in [5, 5.41) is 9.66. The Morgan fingerprint density at radius 1 is 1.38 bits per heavy atom. The molecular formula is C19H30BrN5O. The third-order valence-electron chi connectivity index (χ3n) is 4.12. The lowest BCUT2D eigenvalue weighted by Gasteiger charge is -2.21. The van der Waals surface area contributed by atoms with E-state index in [0.717, 1.165) is 36.5 Å². The Morgan fingerprint density at radius 3 is 2.85 bits per heavy atom. The van der Waals surface area contributed by atoms with Crippen molar-refractivity contribution in [2.75, 3.05) is 31.1 Å². The third-order valence-corrected chi connectivity index (χ3v) is 4.80. The summed E-state index contributed by atoms with van der Waals surface area (Å²) in [4.78, 5) is 18.7. The Bertz CT molecular complexity index is 620. The van der Waals surface area contributed by atoms with Crippen LogP contribution in [0, 0.1) is 0 Å². The van der Waals surface area contributed by atoms with Crippen molar-refractivity contribution in [3.05, 3.63) is 28.7 Å². The third kappa shape index (κ3) is 6.52. The van der Waals surface area contributed by atoms with Crippen LogP contribution in [-0.4, -0.2) is 50.1 Å². The highest BCUT2D eigenvalue weighted by molar-refractivity contribution is 9.10. The predicted octanol–water partition coefficient (Wildman–Crippen LogP) is 2.50. The number of nitrogens with zero attached hydrogens (tertiary/aromatic N) is 2. The van der Waals surface area contributed by atoms with Gasteiger partial charge in [-0.3, -0.25) is 9.79 Å². The Labute approximate surface area is 165 Å². The number of hydrogen-bond acceptors (Lipinski definition) is 3. The lowest BCUT2D eigenvalue weighted by Crippen LogP contribution is -2.44. The highest BCUT2D eigenvalue weighted by Crippen LogP contribution is 2.28. The molecule has 3 N–H and O–H groups in total. The maximum atomic E-state index is 11.7. The van der Waals surface area contributed by atoms with E-state index >= 15 is 0 Å². The summed E-state index contributed by atoms with van der Waals surface area (Å²) in [5.41, 5.74) is 1.23. The second kappa shape index (κ2) is 10.4. The van der Waals surface area contributed by atoms with E-state index in [-0.39, 0.29) is 11.9 Å². The summed E-state index contributed by atoms with van der Waals surface area (Å²) in [6, 6.07) is 8.81. The number of guanidine groups is 1. The molecule has 1 aliphatic heterocycles. The maximum absolute atomic E-state index is 11.7. The van der Waals surface area contributed by atoms with Gasteiger partial charge in [0, 0.05) is 42.6 Å². The number of amides is 1. The standard InChI is InChI=1S/C19H30BrN5O/c1-4-21-19(22-11-9-18(26)23-14(2)3)24-15-10-12-25(13-15)17-8-6-5-7-16(17)20/h5-8,14-15H,4,9-13H2,1-3H3,(H,23,26)(H2,21,22,24). The first-order chi connectivity index (χ1) is 12.5. The van der Waals surface area contributed by atoms with Gasteiger partial charge in [0.1, 0.15) is 0 Å². The van der Waals surface area contributed by atoms with Crippen molar-refractivity contribution in [3.63, 3.8) is 0 Å². The van der Waals surface area contributed by atoms with Crippen LogP contribution in [0.1, 0.15) is 33.6 Å². The smallest absolute Gasteiger partial charge is 0.222 e. The molecule has 0 radical (unpaired) electrons. The van der Waals surface area contributed by atoms with E-state index < -0.39 is 0 Å². The Balaban J connectivity index is 1.86. The number of carbonyl (C=O) groups excluding carboxylic acids is 1. The molecule has 6 nitrogen and oxygen atoms in total. The molecular weight excluding hydrogens is 394 g/mol. The van der Waals surface area contributed by atoms with Crippen LogP contribution < -0.4 is 20.9 Å². The van der Waals surface area contributed by atoms with Crippen molar-refractivity contribution in [2.45, 2.75) is 45.7 Å². The SMILES string of the molecule is CCNC(=NCCC(=O)NC(C)C)NC1CCN(c2ccccc2Br)C1. The average molecular weight is 424 g/mol. The predicted molar refractivity (Wildman–Crippen MR) is 112 cm³/mol. The largest absolute Gasteiger partial charge is 0.368 e. The number of aliphatic imine (C=N–C) groups is 1. The lowest BCUT2D eigenvalue weighted by molar-refractivity contribution is -0.121. The number of hydrogen-bond donors (Lipinski definition) is 3. The first-order valence-electron chi connectivity index (χ1n) is 9.33. The van der Waals surface area contributed by atoms with Crippen LogP contribution >= 0.6 is 15.9 Å². The summed E-state index contributed by atoms with van der Waals surface area (Å²) in [7, 11) is 0. The Hall–Kier alpha value is -1.76. The van der Waals surface area contributed by atoms with Gasteiger partial charge in [-0.15, -0.1) is 0 Å². The fourth-order valence-electron chi connectivity index (χ4n) is 2.98. The molecule has 1 saturated heterocycles. The molecule has 1 amide bonds. The number of anilines is 1. The van der Waals surface area contributed by atoms with Crippen molar-refractivity contribution in [3.8, 4) is 0 Å². The van der Waals surface area contributed by atoms with E-state index in [0.29, 0.717) is 19.0 Å². The zero-order valence-corrected chi connectivity index (χ0v) is 17.5. The molecule has 2 rings (SSSR count). The normalized spacial score (nSPS) is 17.5.